The van der Waals surface area contributed by atoms with Gasteiger partial charge in [0.2, 0.25) is 5.91 Å². The third-order valence-corrected chi connectivity index (χ3v) is 5.89. The van der Waals surface area contributed by atoms with Gasteiger partial charge in [0, 0.05) is 16.7 Å². The van der Waals surface area contributed by atoms with Gasteiger partial charge < -0.3 is 10.4 Å². The van der Waals surface area contributed by atoms with E-state index < -0.39 is 5.41 Å². The van der Waals surface area contributed by atoms with E-state index in [1.54, 1.807) is 12.1 Å². The van der Waals surface area contributed by atoms with Crippen LogP contribution in [0.4, 0.5) is 5.13 Å². The minimum Gasteiger partial charge on any atom is -0.508 e. The molecular formula is C24H28N2O2S. The maximum absolute atomic E-state index is 13.4. The molecular weight excluding hydrogens is 380 g/mol. The number of carbonyl (C=O) groups excluding carboxylic acids is 1. The van der Waals surface area contributed by atoms with Crippen LogP contribution in [0.5, 0.6) is 5.75 Å². The molecule has 152 valence electrons. The normalized spacial score (nSPS) is 13.1. The van der Waals surface area contributed by atoms with Crippen molar-refractivity contribution < 1.29 is 9.90 Å². The summed E-state index contributed by atoms with van der Waals surface area (Å²) in [6.07, 6.45) is 0. The van der Waals surface area contributed by atoms with Crippen molar-refractivity contribution in [3.8, 4) is 5.75 Å². The molecule has 0 aliphatic carbocycles. The number of rotatable bonds is 5. The summed E-state index contributed by atoms with van der Waals surface area (Å²) in [4.78, 5) is 18.0. The molecule has 5 heteroatoms. The fraction of sp³-hybridized carbons (Fsp3) is 0.333. The van der Waals surface area contributed by atoms with Gasteiger partial charge in [0.1, 0.15) is 5.75 Å². The highest BCUT2D eigenvalue weighted by Crippen LogP contribution is 2.42. The van der Waals surface area contributed by atoms with Crippen molar-refractivity contribution in [2.75, 3.05) is 5.32 Å². The van der Waals surface area contributed by atoms with Crippen molar-refractivity contribution >= 4 is 22.4 Å². The van der Waals surface area contributed by atoms with Crippen LogP contribution in [-0.2, 0) is 10.2 Å². The Morgan fingerprint density at radius 3 is 2.24 bits per heavy atom. The maximum Gasteiger partial charge on any atom is 0.232 e. The van der Waals surface area contributed by atoms with E-state index in [2.05, 4.69) is 31.1 Å². The number of hydrogen-bond acceptors (Lipinski definition) is 4. The van der Waals surface area contributed by atoms with Gasteiger partial charge in [-0.25, -0.2) is 4.98 Å². The van der Waals surface area contributed by atoms with Gasteiger partial charge in [-0.05, 0) is 23.3 Å². The molecule has 2 aromatic carbocycles. The second kappa shape index (κ2) is 7.99. The van der Waals surface area contributed by atoms with E-state index in [1.165, 1.54) is 11.3 Å². The molecule has 1 amide bonds. The van der Waals surface area contributed by atoms with Gasteiger partial charge >= 0.3 is 0 Å². The van der Waals surface area contributed by atoms with Gasteiger partial charge in [-0.15, -0.1) is 11.3 Å². The Morgan fingerprint density at radius 2 is 1.66 bits per heavy atom. The molecule has 3 aromatic rings. The molecule has 29 heavy (non-hydrogen) atoms. The van der Waals surface area contributed by atoms with Crippen LogP contribution in [0, 0.1) is 5.41 Å². The minimum atomic E-state index is -0.775. The van der Waals surface area contributed by atoms with E-state index in [0.717, 1.165) is 16.8 Å². The summed E-state index contributed by atoms with van der Waals surface area (Å²) in [6.45, 7) is 10.2. The molecule has 4 nitrogen and oxygen atoms in total. The van der Waals surface area contributed by atoms with Crippen molar-refractivity contribution in [1.29, 1.82) is 0 Å². The summed E-state index contributed by atoms with van der Waals surface area (Å²) in [6, 6.07) is 17.1. The molecule has 1 atom stereocenters. The van der Waals surface area contributed by atoms with Gasteiger partial charge in [0.25, 0.3) is 0 Å². The Morgan fingerprint density at radius 1 is 1.00 bits per heavy atom. The predicted molar refractivity (Wildman–Crippen MR) is 120 cm³/mol. The van der Waals surface area contributed by atoms with E-state index in [4.69, 9.17) is 0 Å². The topological polar surface area (TPSA) is 62.2 Å². The lowest BCUT2D eigenvalue weighted by Crippen LogP contribution is -2.37. The van der Waals surface area contributed by atoms with E-state index in [9.17, 15) is 9.90 Å². The van der Waals surface area contributed by atoms with E-state index in [1.807, 2.05) is 61.7 Å². The molecule has 0 bridgehead atoms. The van der Waals surface area contributed by atoms with Crippen LogP contribution in [0.3, 0.4) is 0 Å². The van der Waals surface area contributed by atoms with Gasteiger partial charge in [0.15, 0.2) is 5.13 Å². The molecule has 3 rings (SSSR count). The number of nitrogens with zero attached hydrogens (tertiary/aromatic N) is 1. The zero-order valence-corrected chi connectivity index (χ0v) is 18.4. The van der Waals surface area contributed by atoms with Gasteiger partial charge in [-0.3, -0.25) is 4.79 Å². The Labute approximate surface area is 176 Å². The number of nitrogens with one attached hydrogen (secondary N) is 1. The first-order valence-electron chi connectivity index (χ1n) is 9.70. The van der Waals surface area contributed by atoms with Crippen LogP contribution in [0.25, 0.3) is 0 Å². The molecule has 2 N–H and O–H groups in total. The highest BCUT2D eigenvalue weighted by atomic mass is 32.1. The highest BCUT2D eigenvalue weighted by molar-refractivity contribution is 7.14. The number of hydrogen-bond donors (Lipinski definition) is 2. The van der Waals surface area contributed by atoms with Crippen LogP contribution in [0.2, 0.25) is 0 Å². The number of thiazole rings is 1. The van der Waals surface area contributed by atoms with Gasteiger partial charge in [-0.2, -0.15) is 0 Å². The minimum absolute atomic E-state index is 0.0663. The summed E-state index contributed by atoms with van der Waals surface area (Å²) >= 11 is 1.44. The quantitative estimate of drug-likeness (QED) is 0.549. The van der Waals surface area contributed by atoms with Gasteiger partial charge in [0.05, 0.1) is 11.1 Å². The smallest absolute Gasteiger partial charge is 0.232 e. The zero-order valence-electron chi connectivity index (χ0n) is 17.6. The SMILES string of the molecule is CC(C)(C)c1csc(NC(=O)C(C)(C)C(c2ccccc2)c2cccc(O)c2)n1. The highest BCUT2D eigenvalue weighted by Gasteiger charge is 2.39. The second-order valence-electron chi connectivity index (χ2n) is 8.90. The average Bonchev–Trinajstić information content (AvgIpc) is 3.11. The van der Waals surface area contributed by atoms with Crippen molar-refractivity contribution in [3.05, 3.63) is 76.8 Å². The number of amides is 1. The third kappa shape index (κ3) is 4.67. The summed E-state index contributed by atoms with van der Waals surface area (Å²) < 4.78 is 0. The largest absolute Gasteiger partial charge is 0.508 e. The van der Waals surface area contributed by atoms with Crippen LogP contribution < -0.4 is 5.32 Å². The number of carbonyl (C=O) groups is 1. The number of phenolic OH excluding ortho intramolecular Hbond substituents is 1. The van der Waals surface area contributed by atoms with E-state index >= 15 is 0 Å². The Hall–Kier alpha value is -2.66. The van der Waals surface area contributed by atoms with Gasteiger partial charge in [-0.1, -0.05) is 77.1 Å². The molecule has 0 fully saturated rings. The molecule has 1 unspecified atom stereocenters. The molecule has 0 saturated heterocycles. The van der Waals surface area contributed by atoms with Crippen molar-refractivity contribution in [3.63, 3.8) is 0 Å². The number of benzene rings is 2. The summed E-state index contributed by atoms with van der Waals surface area (Å²) in [7, 11) is 0. The molecule has 0 aliphatic heterocycles. The molecule has 0 saturated carbocycles. The number of aromatic nitrogens is 1. The second-order valence-corrected chi connectivity index (χ2v) is 9.76. The lowest BCUT2D eigenvalue weighted by atomic mass is 9.70. The fourth-order valence-electron chi connectivity index (χ4n) is 3.44. The zero-order chi connectivity index (χ0) is 21.2. The van der Waals surface area contributed by atoms with Crippen molar-refractivity contribution in [1.82, 2.24) is 4.98 Å². The summed E-state index contributed by atoms with van der Waals surface area (Å²) in [5.74, 6) is -0.142. The Balaban J connectivity index is 1.95. The summed E-state index contributed by atoms with van der Waals surface area (Å²) in [5.41, 5.74) is 2.04. The summed E-state index contributed by atoms with van der Waals surface area (Å²) in [5, 5.41) is 15.6. The fourth-order valence-corrected chi connectivity index (χ4v) is 4.37. The lowest BCUT2D eigenvalue weighted by molar-refractivity contribution is -0.124. The van der Waals surface area contributed by atoms with Crippen molar-refractivity contribution in [2.45, 2.75) is 46.0 Å². The standard InChI is InChI=1S/C24H28N2O2S/c1-23(2,3)19-15-29-22(25-19)26-21(28)24(4,5)20(16-10-7-6-8-11-16)17-12-9-13-18(27)14-17/h6-15,20,27H,1-5H3,(H,25,26,28). The average molecular weight is 409 g/mol. The molecule has 1 aromatic heterocycles. The number of phenols is 1. The molecule has 0 aliphatic rings. The number of anilines is 1. The molecule has 0 radical (unpaired) electrons. The predicted octanol–water partition coefficient (Wildman–Crippen LogP) is 5.94. The number of aromatic hydroxyl groups is 1. The first kappa shape index (κ1) is 21.1. The van der Waals surface area contributed by atoms with Crippen LogP contribution in [0.1, 0.15) is 57.4 Å². The molecule has 1 heterocycles. The first-order valence-corrected chi connectivity index (χ1v) is 10.6. The van der Waals surface area contributed by atoms with Crippen LogP contribution in [0.15, 0.2) is 60.0 Å². The third-order valence-electron chi connectivity index (χ3n) is 5.14. The lowest BCUT2D eigenvalue weighted by Gasteiger charge is -2.33. The van der Waals surface area contributed by atoms with Crippen LogP contribution in [-0.4, -0.2) is 16.0 Å². The van der Waals surface area contributed by atoms with Crippen molar-refractivity contribution in [2.24, 2.45) is 5.41 Å². The molecule has 0 spiro atoms. The van der Waals surface area contributed by atoms with E-state index in [-0.39, 0.29) is 23.0 Å². The maximum atomic E-state index is 13.4. The Kier molecular flexibility index (Phi) is 5.80. The van der Waals surface area contributed by atoms with Crippen LogP contribution >= 0.6 is 11.3 Å². The first-order chi connectivity index (χ1) is 13.6. The monoisotopic (exact) mass is 408 g/mol. The Bertz CT molecular complexity index is 987. The van der Waals surface area contributed by atoms with E-state index in [0.29, 0.717) is 5.13 Å².